The smallest absolute Gasteiger partial charge is 0.240 e. The quantitative estimate of drug-likeness (QED) is 0.608. The van der Waals surface area contributed by atoms with Crippen LogP contribution in [0.5, 0.6) is 5.75 Å². The Labute approximate surface area is 157 Å². The van der Waals surface area contributed by atoms with Gasteiger partial charge in [-0.15, -0.1) is 0 Å². The lowest BCUT2D eigenvalue weighted by Crippen LogP contribution is -2.28. The van der Waals surface area contributed by atoms with Gasteiger partial charge in [0.1, 0.15) is 5.75 Å². The molecule has 26 heavy (non-hydrogen) atoms. The number of anilines is 1. The van der Waals surface area contributed by atoms with Gasteiger partial charge in [0, 0.05) is 25.8 Å². The van der Waals surface area contributed by atoms with Crippen LogP contribution in [0.1, 0.15) is 26.2 Å². The molecule has 5 nitrogen and oxygen atoms in total. The molecule has 0 aliphatic carbocycles. The van der Waals surface area contributed by atoms with E-state index in [0.29, 0.717) is 18.9 Å². The Morgan fingerprint density at radius 2 is 1.69 bits per heavy atom. The van der Waals surface area contributed by atoms with Gasteiger partial charge in [-0.1, -0.05) is 31.5 Å². The number of nitrogens with zero attached hydrogens (tertiary/aromatic N) is 1. The van der Waals surface area contributed by atoms with Gasteiger partial charge in [-0.25, -0.2) is 13.1 Å². The number of rotatable bonds is 11. The van der Waals surface area contributed by atoms with Gasteiger partial charge in [0.2, 0.25) is 10.0 Å². The van der Waals surface area contributed by atoms with Gasteiger partial charge in [-0.2, -0.15) is 0 Å². The average Bonchev–Trinajstić information content (AvgIpc) is 2.66. The first-order valence-corrected chi connectivity index (χ1v) is 10.5. The van der Waals surface area contributed by atoms with Crippen molar-refractivity contribution in [1.29, 1.82) is 0 Å². The van der Waals surface area contributed by atoms with Crippen molar-refractivity contribution >= 4 is 15.7 Å². The topological polar surface area (TPSA) is 58.6 Å². The highest BCUT2D eigenvalue weighted by atomic mass is 32.2. The zero-order valence-corrected chi connectivity index (χ0v) is 16.3. The summed E-state index contributed by atoms with van der Waals surface area (Å²) < 4.78 is 32.9. The molecule has 0 spiro atoms. The molecule has 2 rings (SSSR count). The van der Waals surface area contributed by atoms with Crippen molar-refractivity contribution in [3.05, 3.63) is 54.6 Å². The van der Waals surface area contributed by atoms with Crippen LogP contribution < -0.4 is 14.4 Å². The number of benzene rings is 2. The lowest BCUT2D eigenvalue weighted by molar-refractivity contribution is 0.309. The Kier molecular flexibility index (Phi) is 7.94. The Morgan fingerprint density at radius 3 is 2.35 bits per heavy atom. The summed E-state index contributed by atoms with van der Waals surface area (Å²) in [4.78, 5) is 2.37. The van der Waals surface area contributed by atoms with Crippen molar-refractivity contribution < 1.29 is 13.2 Å². The fourth-order valence-electron chi connectivity index (χ4n) is 2.47. The third-order valence-electron chi connectivity index (χ3n) is 4.06. The fourth-order valence-corrected chi connectivity index (χ4v) is 3.54. The van der Waals surface area contributed by atoms with Crippen LogP contribution in [0.3, 0.4) is 0 Å². The average molecular weight is 377 g/mol. The first-order chi connectivity index (χ1) is 12.5. The summed E-state index contributed by atoms with van der Waals surface area (Å²) in [6.07, 6.45) is 2.78. The Morgan fingerprint density at radius 1 is 1.00 bits per heavy atom. The Balaban J connectivity index is 1.79. The van der Waals surface area contributed by atoms with Crippen molar-refractivity contribution in [3.63, 3.8) is 0 Å². The first-order valence-electron chi connectivity index (χ1n) is 9.01. The molecule has 0 heterocycles. The summed E-state index contributed by atoms with van der Waals surface area (Å²) in [5, 5.41) is 0. The molecule has 0 fully saturated rings. The second kappa shape index (κ2) is 10.2. The number of nitrogens with one attached hydrogen (secondary N) is 1. The van der Waals surface area contributed by atoms with E-state index >= 15 is 0 Å². The maximum Gasteiger partial charge on any atom is 0.240 e. The third-order valence-corrected chi connectivity index (χ3v) is 5.54. The zero-order valence-electron chi connectivity index (χ0n) is 15.5. The second-order valence-electron chi connectivity index (χ2n) is 6.18. The molecule has 0 unspecified atom stereocenters. The van der Waals surface area contributed by atoms with E-state index in [1.165, 1.54) is 0 Å². The van der Waals surface area contributed by atoms with Crippen LogP contribution in [0.15, 0.2) is 59.5 Å². The van der Waals surface area contributed by atoms with Crippen LogP contribution in [0.25, 0.3) is 0 Å². The maximum absolute atomic E-state index is 12.4. The van der Waals surface area contributed by atoms with E-state index in [1.807, 2.05) is 37.4 Å². The summed E-state index contributed by atoms with van der Waals surface area (Å²) >= 11 is 0. The molecule has 1 N–H and O–H groups in total. The van der Waals surface area contributed by atoms with Gasteiger partial charge in [-0.05, 0) is 49.2 Å². The summed E-state index contributed by atoms with van der Waals surface area (Å²) in [5.41, 5.74) is 1.12. The molecule has 6 heteroatoms. The predicted octanol–water partition coefficient (Wildman–Crippen LogP) is 3.67. The van der Waals surface area contributed by atoms with Crippen LogP contribution in [0.4, 0.5) is 5.69 Å². The lowest BCUT2D eigenvalue weighted by Gasteiger charge is -2.19. The van der Waals surface area contributed by atoms with E-state index in [4.69, 9.17) is 4.74 Å². The second-order valence-corrected chi connectivity index (χ2v) is 7.95. The lowest BCUT2D eigenvalue weighted by atomic mass is 10.3. The molecule has 0 aliphatic heterocycles. The van der Waals surface area contributed by atoms with Gasteiger partial charge >= 0.3 is 0 Å². The van der Waals surface area contributed by atoms with Gasteiger partial charge in [-0.3, -0.25) is 0 Å². The highest BCUT2D eigenvalue weighted by Gasteiger charge is 2.13. The normalized spacial score (nSPS) is 11.3. The molecule has 0 aromatic heterocycles. The van der Waals surface area contributed by atoms with Crippen molar-refractivity contribution in [1.82, 2.24) is 4.72 Å². The Hall–Kier alpha value is -2.05. The van der Waals surface area contributed by atoms with Crippen LogP contribution in [-0.4, -0.2) is 35.2 Å². The van der Waals surface area contributed by atoms with Crippen LogP contribution in [0, 0.1) is 0 Å². The molecule has 0 saturated heterocycles. The molecular formula is C20H28N2O3S. The van der Waals surface area contributed by atoms with Gasteiger partial charge in [0.05, 0.1) is 11.5 Å². The number of unbranched alkanes of at least 4 members (excludes halogenated alkanes) is 1. The summed E-state index contributed by atoms with van der Waals surface area (Å²) in [5.74, 6) is 0.696. The van der Waals surface area contributed by atoms with Crippen molar-refractivity contribution in [3.8, 4) is 5.75 Å². The number of hydrogen-bond acceptors (Lipinski definition) is 4. The number of para-hydroxylation sites is 1. The van der Waals surface area contributed by atoms with Crippen LogP contribution >= 0.6 is 0 Å². The fraction of sp³-hybridized carbons (Fsp3) is 0.400. The summed E-state index contributed by atoms with van der Waals surface area (Å²) in [6.45, 7) is 3.92. The highest BCUT2D eigenvalue weighted by Crippen LogP contribution is 2.16. The minimum absolute atomic E-state index is 0.261. The van der Waals surface area contributed by atoms with E-state index in [-0.39, 0.29) is 4.90 Å². The molecular weight excluding hydrogens is 348 g/mol. The van der Waals surface area contributed by atoms with Crippen molar-refractivity contribution in [2.45, 2.75) is 31.1 Å². The standard InChI is InChI=1S/C20H28N2O3S/c1-3-4-17-25-19-11-13-20(14-12-19)26(23,24)21-15-8-16-22(2)18-9-6-5-7-10-18/h5-7,9-14,21H,3-4,8,15-17H2,1-2H3. The van der Waals surface area contributed by atoms with Crippen molar-refractivity contribution in [2.24, 2.45) is 0 Å². The maximum atomic E-state index is 12.4. The molecule has 0 aliphatic rings. The van der Waals surface area contributed by atoms with Crippen LogP contribution in [0.2, 0.25) is 0 Å². The largest absolute Gasteiger partial charge is 0.494 e. The molecule has 2 aromatic carbocycles. The molecule has 0 amide bonds. The summed E-state index contributed by atoms with van der Waals surface area (Å²) in [7, 11) is -1.49. The van der Waals surface area contributed by atoms with Gasteiger partial charge < -0.3 is 9.64 Å². The monoisotopic (exact) mass is 376 g/mol. The molecule has 0 radical (unpaired) electrons. The van der Waals surface area contributed by atoms with E-state index in [0.717, 1.165) is 31.5 Å². The molecule has 2 aromatic rings. The Bertz CT molecular complexity index is 746. The van der Waals surface area contributed by atoms with Crippen molar-refractivity contribution in [2.75, 3.05) is 31.6 Å². The van der Waals surface area contributed by atoms with E-state index in [1.54, 1.807) is 24.3 Å². The zero-order chi connectivity index (χ0) is 18.8. The number of ether oxygens (including phenoxy) is 1. The number of hydrogen-bond donors (Lipinski definition) is 1. The molecule has 0 atom stereocenters. The molecule has 0 bridgehead atoms. The highest BCUT2D eigenvalue weighted by molar-refractivity contribution is 7.89. The van der Waals surface area contributed by atoms with Gasteiger partial charge in [0.15, 0.2) is 0 Å². The van der Waals surface area contributed by atoms with E-state index < -0.39 is 10.0 Å². The molecule has 0 saturated carbocycles. The SMILES string of the molecule is CCCCOc1ccc(S(=O)(=O)NCCCN(C)c2ccccc2)cc1. The van der Waals surface area contributed by atoms with Crippen LogP contribution in [-0.2, 0) is 10.0 Å². The first kappa shape index (κ1) is 20.3. The minimum atomic E-state index is -3.49. The van der Waals surface area contributed by atoms with E-state index in [9.17, 15) is 8.42 Å². The molecule has 142 valence electrons. The summed E-state index contributed by atoms with van der Waals surface area (Å²) in [6, 6.07) is 16.6. The number of sulfonamides is 1. The van der Waals surface area contributed by atoms with Gasteiger partial charge in [0.25, 0.3) is 0 Å². The predicted molar refractivity (Wildman–Crippen MR) is 106 cm³/mol. The third kappa shape index (κ3) is 6.35. The van der Waals surface area contributed by atoms with E-state index in [2.05, 4.69) is 16.5 Å². The minimum Gasteiger partial charge on any atom is -0.494 e.